The zero-order valence-electron chi connectivity index (χ0n) is 13.4. The number of aliphatic hydroxyl groups excluding tert-OH is 1. The van der Waals surface area contributed by atoms with Crippen LogP contribution in [0.1, 0.15) is 40.0 Å². The highest BCUT2D eigenvalue weighted by atomic mass is 16.6. The maximum absolute atomic E-state index is 11.6. The Morgan fingerprint density at radius 1 is 1.59 bits per heavy atom. The van der Waals surface area contributed by atoms with Crippen LogP contribution in [0.4, 0.5) is 0 Å². The maximum atomic E-state index is 11.6. The van der Waals surface area contributed by atoms with Crippen molar-refractivity contribution in [1.82, 2.24) is 0 Å². The first-order valence-electron chi connectivity index (χ1n) is 7.74. The smallest absolute Gasteiger partial charge is 0.334 e. The van der Waals surface area contributed by atoms with Crippen LogP contribution in [0, 0.1) is 11.8 Å². The number of ether oxygens (including phenoxy) is 2. The molecule has 122 valence electrons. The van der Waals surface area contributed by atoms with Crippen molar-refractivity contribution in [3.05, 3.63) is 23.8 Å². The van der Waals surface area contributed by atoms with E-state index in [1.165, 1.54) is 6.92 Å². The third-order valence-electron chi connectivity index (χ3n) is 4.49. The molecule has 1 heterocycles. The van der Waals surface area contributed by atoms with Gasteiger partial charge in [-0.2, -0.15) is 0 Å². The third-order valence-corrected chi connectivity index (χ3v) is 4.49. The van der Waals surface area contributed by atoms with Crippen LogP contribution in [0.3, 0.4) is 0 Å². The molecular weight excluding hydrogens is 284 g/mol. The van der Waals surface area contributed by atoms with Crippen molar-refractivity contribution in [2.45, 2.75) is 58.3 Å². The summed E-state index contributed by atoms with van der Waals surface area (Å²) < 4.78 is 10.4. The van der Waals surface area contributed by atoms with Crippen LogP contribution in [-0.2, 0) is 19.1 Å². The van der Waals surface area contributed by atoms with Gasteiger partial charge in [0.15, 0.2) is 0 Å². The summed E-state index contributed by atoms with van der Waals surface area (Å²) >= 11 is 0. The average Bonchev–Trinajstić information content (AvgIpc) is 2.56. The second kappa shape index (κ2) is 6.65. The minimum atomic E-state index is -0.660. The van der Waals surface area contributed by atoms with E-state index >= 15 is 0 Å². The number of rotatable bonds is 4. The van der Waals surface area contributed by atoms with Crippen molar-refractivity contribution in [1.29, 1.82) is 0 Å². The van der Waals surface area contributed by atoms with E-state index in [0.717, 1.165) is 5.57 Å². The van der Waals surface area contributed by atoms with Crippen molar-refractivity contribution < 1.29 is 24.2 Å². The maximum Gasteiger partial charge on any atom is 0.334 e. The molecule has 2 aliphatic rings. The summed E-state index contributed by atoms with van der Waals surface area (Å²) in [6.07, 6.45) is 2.54. The zero-order valence-corrected chi connectivity index (χ0v) is 13.4. The molecule has 0 aromatic heterocycles. The molecule has 5 atom stereocenters. The molecule has 22 heavy (non-hydrogen) atoms. The predicted molar refractivity (Wildman–Crippen MR) is 80.8 cm³/mol. The Morgan fingerprint density at radius 3 is 2.91 bits per heavy atom. The number of esters is 2. The Morgan fingerprint density at radius 2 is 2.27 bits per heavy atom. The lowest BCUT2D eigenvalue weighted by Gasteiger charge is -2.23. The van der Waals surface area contributed by atoms with E-state index in [9.17, 15) is 14.7 Å². The fourth-order valence-electron chi connectivity index (χ4n) is 3.37. The Balaban J connectivity index is 2.04. The van der Waals surface area contributed by atoms with Crippen molar-refractivity contribution in [3.8, 4) is 0 Å². The molecule has 1 aliphatic heterocycles. The summed E-state index contributed by atoms with van der Waals surface area (Å²) in [6.45, 7) is 8.96. The molecule has 0 bridgehead atoms. The fourth-order valence-corrected chi connectivity index (χ4v) is 3.37. The van der Waals surface area contributed by atoms with Gasteiger partial charge < -0.3 is 14.6 Å². The lowest BCUT2D eigenvalue weighted by Crippen LogP contribution is -2.25. The van der Waals surface area contributed by atoms with Gasteiger partial charge in [0, 0.05) is 24.8 Å². The molecule has 5 nitrogen and oxygen atoms in total. The second-order valence-electron chi connectivity index (χ2n) is 6.32. The molecule has 5 heteroatoms. The van der Waals surface area contributed by atoms with E-state index in [0.29, 0.717) is 24.8 Å². The molecule has 0 saturated carbocycles. The summed E-state index contributed by atoms with van der Waals surface area (Å²) in [6, 6.07) is 0. The van der Waals surface area contributed by atoms with Gasteiger partial charge in [-0.3, -0.25) is 4.79 Å². The first-order valence-corrected chi connectivity index (χ1v) is 7.74. The van der Waals surface area contributed by atoms with Gasteiger partial charge in [0.1, 0.15) is 12.2 Å². The number of allylic oxidation sites excluding steroid dienone is 1. The van der Waals surface area contributed by atoms with Gasteiger partial charge in [-0.05, 0) is 31.3 Å². The van der Waals surface area contributed by atoms with Gasteiger partial charge in [-0.15, -0.1) is 0 Å². The van der Waals surface area contributed by atoms with E-state index in [-0.39, 0.29) is 36.0 Å². The molecule has 0 aromatic rings. The highest BCUT2D eigenvalue weighted by molar-refractivity contribution is 5.90. The molecule has 0 spiro atoms. The molecule has 0 aromatic carbocycles. The van der Waals surface area contributed by atoms with Gasteiger partial charge in [-0.25, -0.2) is 4.79 Å². The Labute approximate surface area is 131 Å². The van der Waals surface area contributed by atoms with Crippen LogP contribution in [0.15, 0.2) is 23.8 Å². The van der Waals surface area contributed by atoms with Crippen LogP contribution in [0.2, 0.25) is 0 Å². The van der Waals surface area contributed by atoms with Crippen molar-refractivity contribution in [2.75, 3.05) is 0 Å². The fraction of sp³-hybridized carbons (Fsp3) is 0.647. The summed E-state index contributed by atoms with van der Waals surface area (Å²) in [5.41, 5.74) is 1.45. The minimum Gasteiger partial charge on any atom is -0.463 e. The molecule has 1 fully saturated rings. The monoisotopic (exact) mass is 308 g/mol. The van der Waals surface area contributed by atoms with Gasteiger partial charge >= 0.3 is 11.9 Å². The average molecular weight is 308 g/mol. The van der Waals surface area contributed by atoms with Gasteiger partial charge in [0.05, 0.1) is 6.10 Å². The Kier molecular flexibility index (Phi) is 5.06. The summed E-state index contributed by atoms with van der Waals surface area (Å²) in [5.74, 6) is -0.540. The molecule has 1 N–H and O–H groups in total. The quantitative estimate of drug-likeness (QED) is 0.489. The van der Waals surface area contributed by atoms with Crippen LogP contribution in [0.25, 0.3) is 0 Å². The van der Waals surface area contributed by atoms with Gasteiger partial charge in [0.25, 0.3) is 0 Å². The number of hydrogen-bond donors (Lipinski definition) is 1. The third kappa shape index (κ3) is 3.58. The molecule has 1 aliphatic carbocycles. The van der Waals surface area contributed by atoms with E-state index in [2.05, 4.69) is 6.58 Å². The Bertz CT molecular complexity index is 507. The molecular formula is C17H24O5. The standard InChI is InChI=1S/C17H24O5/c1-9-7-16-14(11(3)17(20)22-16)6-5-13(9)15(19)8-10(2)21-12(4)18/h5,9-10,14-16,19H,3,6-8H2,1-2,4H3/t9-,10+,14+,15+,16-/m0/s1. The molecule has 0 radical (unpaired) electrons. The summed E-state index contributed by atoms with van der Waals surface area (Å²) in [4.78, 5) is 22.5. The van der Waals surface area contributed by atoms with Crippen LogP contribution in [-0.4, -0.2) is 35.4 Å². The van der Waals surface area contributed by atoms with Crippen molar-refractivity contribution >= 4 is 11.9 Å². The number of carbonyl (C=O) groups is 2. The van der Waals surface area contributed by atoms with E-state index < -0.39 is 6.10 Å². The van der Waals surface area contributed by atoms with E-state index in [4.69, 9.17) is 9.47 Å². The summed E-state index contributed by atoms with van der Waals surface area (Å²) in [7, 11) is 0. The second-order valence-corrected chi connectivity index (χ2v) is 6.32. The van der Waals surface area contributed by atoms with Gasteiger partial charge in [0.2, 0.25) is 0 Å². The van der Waals surface area contributed by atoms with Crippen LogP contribution >= 0.6 is 0 Å². The van der Waals surface area contributed by atoms with Crippen molar-refractivity contribution in [2.24, 2.45) is 11.8 Å². The highest BCUT2D eigenvalue weighted by Gasteiger charge is 2.41. The van der Waals surface area contributed by atoms with Crippen LogP contribution in [0.5, 0.6) is 0 Å². The minimum absolute atomic E-state index is 0.00513. The predicted octanol–water partition coefficient (Wildman–Crippen LogP) is 2.14. The van der Waals surface area contributed by atoms with E-state index in [1.54, 1.807) is 6.92 Å². The number of fused-ring (bicyclic) bond motifs is 1. The zero-order chi connectivity index (χ0) is 16.4. The Hall–Kier alpha value is -1.62. The largest absolute Gasteiger partial charge is 0.463 e. The van der Waals surface area contributed by atoms with Gasteiger partial charge in [-0.1, -0.05) is 19.6 Å². The molecule has 1 saturated heterocycles. The first-order chi connectivity index (χ1) is 10.3. The molecule has 0 unspecified atom stereocenters. The topological polar surface area (TPSA) is 72.8 Å². The number of carbonyl (C=O) groups excluding carboxylic acids is 2. The lowest BCUT2D eigenvalue weighted by molar-refractivity contribution is -0.146. The molecule has 0 amide bonds. The first kappa shape index (κ1) is 16.7. The summed E-state index contributed by atoms with van der Waals surface area (Å²) in [5, 5.41) is 10.4. The van der Waals surface area contributed by atoms with Crippen LogP contribution < -0.4 is 0 Å². The van der Waals surface area contributed by atoms with E-state index in [1.807, 2.05) is 13.0 Å². The normalized spacial score (nSPS) is 30.7. The lowest BCUT2D eigenvalue weighted by atomic mass is 9.89. The highest BCUT2D eigenvalue weighted by Crippen LogP contribution is 2.39. The van der Waals surface area contributed by atoms with Crippen molar-refractivity contribution in [3.63, 3.8) is 0 Å². The SMILES string of the molecule is C=C1C(=O)O[C@H]2C[C@H](C)C([C@H](O)C[C@@H](C)OC(C)=O)=CC[C@H]12. The molecule has 2 rings (SSSR count). The number of hydrogen-bond acceptors (Lipinski definition) is 5. The number of aliphatic hydroxyl groups is 1.